The van der Waals surface area contributed by atoms with E-state index in [1.807, 2.05) is 24.3 Å². The Morgan fingerprint density at radius 3 is 2.83 bits per heavy atom. The summed E-state index contributed by atoms with van der Waals surface area (Å²) in [6.45, 7) is 0.525. The molecular weight excluding hydrogens is 328 g/mol. The number of hydrogen-bond acceptors (Lipinski definition) is 3. The van der Waals surface area contributed by atoms with E-state index in [1.165, 1.54) is 4.57 Å². The Morgan fingerprint density at radius 1 is 1.21 bits per heavy atom. The number of fused-ring (bicyclic) bond motifs is 1. The normalized spacial score (nSPS) is 10.9. The summed E-state index contributed by atoms with van der Waals surface area (Å²) in [5.74, 6) is -0.425. The predicted octanol–water partition coefficient (Wildman–Crippen LogP) is 2.69. The molecule has 3 rings (SSSR count). The largest absolute Gasteiger partial charge is 0.419 e. The summed E-state index contributed by atoms with van der Waals surface area (Å²) >= 11 is 5.91. The van der Waals surface area contributed by atoms with Gasteiger partial charge in [0.1, 0.15) is 0 Å². The van der Waals surface area contributed by atoms with Gasteiger partial charge in [-0.25, -0.2) is 4.79 Å². The standard InChI is InChI=1S/C18H17ClN2O3/c1-21-15-10-12(5-6-16(15)24-18(21)23)7-8-20-17(22)11-13-3-2-4-14(19)9-13/h2-6,9-10H,7-8,11H2,1H3,(H,20,22). The first-order valence-corrected chi connectivity index (χ1v) is 8.00. The van der Waals surface area contributed by atoms with Crippen LogP contribution in [0.25, 0.3) is 11.1 Å². The minimum absolute atomic E-state index is 0.0472. The molecule has 0 saturated carbocycles. The summed E-state index contributed by atoms with van der Waals surface area (Å²) in [6.07, 6.45) is 0.979. The molecular formula is C18H17ClN2O3. The van der Waals surface area contributed by atoms with Gasteiger partial charge in [-0.3, -0.25) is 9.36 Å². The molecule has 5 nitrogen and oxygen atoms in total. The Balaban J connectivity index is 1.57. The van der Waals surface area contributed by atoms with Crippen LogP contribution < -0.4 is 11.1 Å². The number of aromatic nitrogens is 1. The number of carbonyl (C=O) groups excluding carboxylic acids is 1. The molecule has 24 heavy (non-hydrogen) atoms. The van der Waals surface area contributed by atoms with Gasteiger partial charge < -0.3 is 9.73 Å². The highest BCUT2D eigenvalue weighted by atomic mass is 35.5. The Hall–Kier alpha value is -2.53. The van der Waals surface area contributed by atoms with E-state index in [2.05, 4.69) is 5.32 Å². The second kappa shape index (κ2) is 6.93. The second-order valence-corrected chi connectivity index (χ2v) is 6.07. The molecule has 6 heteroatoms. The van der Waals surface area contributed by atoms with Gasteiger partial charge in [0.05, 0.1) is 11.9 Å². The molecule has 0 spiro atoms. The van der Waals surface area contributed by atoms with Crippen LogP contribution in [0.1, 0.15) is 11.1 Å². The molecule has 1 amide bonds. The molecule has 0 bridgehead atoms. The zero-order chi connectivity index (χ0) is 17.1. The first-order valence-electron chi connectivity index (χ1n) is 7.62. The van der Waals surface area contributed by atoms with E-state index in [-0.39, 0.29) is 11.7 Å². The van der Waals surface area contributed by atoms with Gasteiger partial charge in [-0.05, 0) is 41.8 Å². The third-order valence-electron chi connectivity index (χ3n) is 3.85. The Morgan fingerprint density at radius 2 is 2.04 bits per heavy atom. The van der Waals surface area contributed by atoms with Crippen LogP contribution in [0.4, 0.5) is 0 Å². The molecule has 0 aliphatic carbocycles. The van der Waals surface area contributed by atoms with Crippen molar-refractivity contribution in [2.24, 2.45) is 7.05 Å². The molecule has 3 aromatic rings. The minimum Gasteiger partial charge on any atom is -0.408 e. The molecule has 0 aliphatic rings. The van der Waals surface area contributed by atoms with E-state index in [1.54, 1.807) is 25.2 Å². The number of carbonyl (C=O) groups is 1. The van der Waals surface area contributed by atoms with Gasteiger partial charge in [-0.15, -0.1) is 0 Å². The highest BCUT2D eigenvalue weighted by Crippen LogP contribution is 2.14. The van der Waals surface area contributed by atoms with Gasteiger partial charge in [0.2, 0.25) is 5.91 Å². The minimum atomic E-state index is -0.378. The average Bonchev–Trinajstić information content (AvgIpc) is 2.82. The molecule has 1 aromatic heterocycles. The van der Waals surface area contributed by atoms with Crippen molar-refractivity contribution in [2.75, 3.05) is 6.54 Å². The van der Waals surface area contributed by atoms with Gasteiger partial charge in [-0.1, -0.05) is 29.8 Å². The van der Waals surface area contributed by atoms with Gasteiger partial charge >= 0.3 is 5.76 Å². The van der Waals surface area contributed by atoms with Crippen molar-refractivity contribution < 1.29 is 9.21 Å². The highest BCUT2D eigenvalue weighted by molar-refractivity contribution is 6.30. The van der Waals surface area contributed by atoms with Gasteiger partial charge in [0, 0.05) is 18.6 Å². The van der Waals surface area contributed by atoms with E-state index in [9.17, 15) is 9.59 Å². The SMILES string of the molecule is Cn1c(=O)oc2ccc(CCNC(=O)Cc3cccc(Cl)c3)cc21. The van der Waals surface area contributed by atoms with E-state index in [0.29, 0.717) is 30.0 Å². The van der Waals surface area contributed by atoms with Crippen molar-refractivity contribution in [3.05, 3.63) is 69.2 Å². The van der Waals surface area contributed by atoms with Crippen LogP contribution in [-0.4, -0.2) is 17.0 Å². The van der Waals surface area contributed by atoms with Crippen LogP contribution >= 0.6 is 11.6 Å². The number of halogens is 1. The monoisotopic (exact) mass is 344 g/mol. The molecule has 0 radical (unpaired) electrons. The number of nitrogens with one attached hydrogen (secondary N) is 1. The molecule has 0 aliphatic heterocycles. The Labute approximate surface area is 143 Å². The summed E-state index contributed by atoms with van der Waals surface area (Å²) in [5, 5.41) is 3.52. The fraction of sp³-hybridized carbons (Fsp3) is 0.222. The van der Waals surface area contributed by atoms with Crippen LogP contribution in [0.15, 0.2) is 51.7 Å². The number of hydrogen-bond donors (Lipinski definition) is 1. The predicted molar refractivity (Wildman–Crippen MR) is 93.3 cm³/mol. The maximum absolute atomic E-state index is 12.0. The zero-order valence-electron chi connectivity index (χ0n) is 13.2. The van der Waals surface area contributed by atoms with Gasteiger partial charge in [0.15, 0.2) is 5.58 Å². The lowest BCUT2D eigenvalue weighted by atomic mass is 10.1. The summed E-state index contributed by atoms with van der Waals surface area (Å²) in [7, 11) is 1.67. The zero-order valence-corrected chi connectivity index (χ0v) is 14.0. The topological polar surface area (TPSA) is 64.2 Å². The molecule has 0 unspecified atom stereocenters. The van der Waals surface area contributed by atoms with Crippen molar-refractivity contribution in [3.63, 3.8) is 0 Å². The Bertz CT molecular complexity index is 943. The maximum atomic E-state index is 12.0. The van der Waals surface area contributed by atoms with E-state index in [4.69, 9.17) is 16.0 Å². The van der Waals surface area contributed by atoms with Crippen molar-refractivity contribution >= 4 is 28.6 Å². The van der Waals surface area contributed by atoms with Crippen molar-refractivity contribution in [2.45, 2.75) is 12.8 Å². The highest BCUT2D eigenvalue weighted by Gasteiger charge is 2.07. The lowest BCUT2D eigenvalue weighted by Gasteiger charge is -2.06. The van der Waals surface area contributed by atoms with Crippen molar-refractivity contribution in [1.82, 2.24) is 9.88 Å². The number of nitrogens with zero attached hydrogens (tertiary/aromatic N) is 1. The molecule has 0 saturated heterocycles. The molecule has 124 valence electrons. The fourth-order valence-corrected chi connectivity index (χ4v) is 2.78. The fourth-order valence-electron chi connectivity index (χ4n) is 2.57. The third-order valence-corrected chi connectivity index (χ3v) is 4.08. The quantitative estimate of drug-likeness (QED) is 0.774. The number of amides is 1. The van der Waals surface area contributed by atoms with Crippen LogP contribution in [0.5, 0.6) is 0 Å². The third kappa shape index (κ3) is 3.68. The van der Waals surface area contributed by atoms with E-state index >= 15 is 0 Å². The van der Waals surface area contributed by atoms with Crippen LogP contribution in [-0.2, 0) is 24.7 Å². The van der Waals surface area contributed by atoms with Crippen LogP contribution in [0.2, 0.25) is 5.02 Å². The summed E-state index contributed by atoms with van der Waals surface area (Å²) in [4.78, 5) is 23.4. The number of oxazole rings is 1. The van der Waals surface area contributed by atoms with Gasteiger partial charge in [0.25, 0.3) is 0 Å². The van der Waals surface area contributed by atoms with E-state index < -0.39 is 0 Å². The number of rotatable bonds is 5. The molecule has 0 atom stereocenters. The molecule has 2 aromatic carbocycles. The van der Waals surface area contributed by atoms with Gasteiger partial charge in [-0.2, -0.15) is 0 Å². The smallest absolute Gasteiger partial charge is 0.408 e. The Kier molecular flexibility index (Phi) is 4.71. The second-order valence-electron chi connectivity index (χ2n) is 5.64. The lowest BCUT2D eigenvalue weighted by molar-refractivity contribution is -0.120. The van der Waals surface area contributed by atoms with E-state index in [0.717, 1.165) is 16.6 Å². The van der Waals surface area contributed by atoms with Crippen LogP contribution in [0.3, 0.4) is 0 Å². The first-order chi connectivity index (χ1) is 11.5. The van der Waals surface area contributed by atoms with Crippen molar-refractivity contribution in [3.8, 4) is 0 Å². The summed E-state index contributed by atoms with van der Waals surface area (Å²) < 4.78 is 6.57. The number of aryl methyl sites for hydroxylation is 1. The average molecular weight is 345 g/mol. The molecule has 1 heterocycles. The van der Waals surface area contributed by atoms with Crippen LogP contribution in [0, 0.1) is 0 Å². The summed E-state index contributed by atoms with van der Waals surface area (Å²) in [5.41, 5.74) is 3.23. The maximum Gasteiger partial charge on any atom is 0.419 e. The molecule has 0 fully saturated rings. The van der Waals surface area contributed by atoms with Crippen molar-refractivity contribution in [1.29, 1.82) is 0 Å². The molecule has 1 N–H and O–H groups in total. The summed E-state index contributed by atoms with van der Waals surface area (Å²) in [6, 6.07) is 12.8. The first kappa shape index (κ1) is 16.3. The lowest BCUT2D eigenvalue weighted by Crippen LogP contribution is -2.27. The number of benzene rings is 2.